The van der Waals surface area contributed by atoms with Crippen LogP contribution in [0, 0.1) is 0 Å². The minimum Gasteiger partial charge on any atom is -0.336 e. The van der Waals surface area contributed by atoms with Gasteiger partial charge in [0.05, 0.1) is 0 Å². The molecule has 1 saturated heterocycles. The second-order valence-electron chi connectivity index (χ2n) is 7.39. The van der Waals surface area contributed by atoms with Gasteiger partial charge in [0.25, 0.3) is 5.91 Å². The van der Waals surface area contributed by atoms with Gasteiger partial charge in [-0.2, -0.15) is 0 Å². The molecule has 2 aliphatic rings. The van der Waals surface area contributed by atoms with Crippen LogP contribution in [0.5, 0.6) is 0 Å². The van der Waals surface area contributed by atoms with Gasteiger partial charge >= 0.3 is 0 Å². The molecule has 1 aromatic carbocycles. The number of aryl methyl sites for hydroxylation is 1. The van der Waals surface area contributed by atoms with Crippen molar-refractivity contribution in [2.75, 3.05) is 26.2 Å². The van der Waals surface area contributed by atoms with Crippen LogP contribution in [-0.4, -0.2) is 68.0 Å². The molecule has 3 aromatic rings. The Kier molecular flexibility index (Phi) is 4.09. The molecule has 138 valence electrons. The summed E-state index contributed by atoms with van der Waals surface area (Å²) in [6.45, 7) is 3.42. The summed E-state index contributed by atoms with van der Waals surface area (Å²) in [7, 11) is 0. The average molecular weight is 362 g/mol. The quantitative estimate of drug-likeness (QED) is 0.690. The van der Waals surface area contributed by atoms with Gasteiger partial charge in [-0.3, -0.25) is 9.69 Å². The number of aromatic nitrogens is 4. The zero-order valence-corrected chi connectivity index (χ0v) is 15.2. The maximum atomic E-state index is 12.8. The molecule has 27 heavy (non-hydrogen) atoms. The summed E-state index contributed by atoms with van der Waals surface area (Å²) in [5.74, 6) is 0.0640. The lowest BCUT2D eigenvalue weighted by molar-refractivity contribution is 0.0553. The predicted octanol–water partition coefficient (Wildman–Crippen LogP) is 1.44. The molecular weight excluding hydrogens is 340 g/mol. The van der Waals surface area contributed by atoms with Crippen LogP contribution in [0.25, 0.3) is 5.65 Å². The van der Waals surface area contributed by atoms with Crippen molar-refractivity contribution >= 4 is 11.6 Å². The molecule has 1 aliphatic carbocycles. The molecule has 0 spiro atoms. The van der Waals surface area contributed by atoms with E-state index in [0.29, 0.717) is 17.3 Å². The summed E-state index contributed by atoms with van der Waals surface area (Å²) >= 11 is 0. The van der Waals surface area contributed by atoms with E-state index in [-0.39, 0.29) is 5.91 Å². The number of hydrogen-bond donors (Lipinski definition) is 0. The highest BCUT2D eigenvalue weighted by molar-refractivity contribution is 5.95. The second-order valence-corrected chi connectivity index (χ2v) is 7.39. The highest BCUT2D eigenvalue weighted by atomic mass is 16.2. The predicted molar refractivity (Wildman–Crippen MR) is 101 cm³/mol. The summed E-state index contributed by atoms with van der Waals surface area (Å²) < 4.78 is 1.57. The van der Waals surface area contributed by atoms with Crippen molar-refractivity contribution in [1.29, 1.82) is 0 Å². The Morgan fingerprint density at radius 3 is 2.70 bits per heavy atom. The molecule has 1 fully saturated rings. The van der Waals surface area contributed by atoms with E-state index < -0.39 is 0 Å². The van der Waals surface area contributed by atoms with Gasteiger partial charge in [-0.05, 0) is 52.9 Å². The van der Waals surface area contributed by atoms with E-state index >= 15 is 0 Å². The summed E-state index contributed by atoms with van der Waals surface area (Å²) in [5.41, 5.74) is 4.24. The van der Waals surface area contributed by atoms with Crippen molar-refractivity contribution in [3.05, 3.63) is 59.3 Å². The second kappa shape index (κ2) is 6.74. The van der Waals surface area contributed by atoms with E-state index in [1.165, 1.54) is 17.5 Å². The molecule has 7 heteroatoms. The number of carbonyl (C=O) groups excluding carboxylic acids is 1. The molecule has 0 radical (unpaired) electrons. The molecule has 0 unspecified atom stereocenters. The number of tetrazole rings is 1. The summed E-state index contributed by atoms with van der Waals surface area (Å²) in [5, 5.41) is 11.4. The zero-order chi connectivity index (χ0) is 18.2. The third kappa shape index (κ3) is 3.08. The van der Waals surface area contributed by atoms with E-state index in [2.05, 4.69) is 44.7 Å². The van der Waals surface area contributed by atoms with Gasteiger partial charge in [0.1, 0.15) is 0 Å². The number of benzene rings is 1. The lowest BCUT2D eigenvalue weighted by Crippen LogP contribution is -2.53. The Labute approximate surface area is 157 Å². The van der Waals surface area contributed by atoms with Crippen molar-refractivity contribution in [3.63, 3.8) is 0 Å². The van der Waals surface area contributed by atoms with Crippen molar-refractivity contribution in [2.24, 2.45) is 0 Å². The topological polar surface area (TPSA) is 66.6 Å². The molecule has 7 nitrogen and oxygen atoms in total. The molecule has 0 bridgehead atoms. The van der Waals surface area contributed by atoms with Crippen molar-refractivity contribution in [3.8, 4) is 0 Å². The molecule has 2 aromatic heterocycles. The maximum Gasteiger partial charge on any atom is 0.254 e. The third-order valence-electron chi connectivity index (χ3n) is 5.88. The number of rotatable bonds is 2. The van der Waals surface area contributed by atoms with Gasteiger partial charge < -0.3 is 4.90 Å². The number of pyridine rings is 1. The Morgan fingerprint density at radius 2 is 1.85 bits per heavy atom. The maximum absolute atomic E-state index is 12.8. The number of amides is 1. The number of carbonyl (C=O) groups is 1. The van der Waals surface area contributed by atoms with Gasteiger partial charge in [-0.25, -0.2) is 4.52 Å². The zero-order valence-electron chi connectivity index (χ0n) is 15.2. The fourth-order valence-electron chi connectivity index (χ4n) is 4.34. The fourth-order valence-corrected chi connectivity index (χ4v) is 4.34. The minimum absolute atomic E-state index is 0.0640. The molecule has 0 N–H and O–H groups in total. The molecule has 0 saturated carbocycles. The normalized spacial score (nSPS) is 20.6. The van der Waals surface area contributed by atoms with Crippen molar-refractivity contribution in [2.45, 2.75) is 25.3 Å². The molecular formula is C20H22N6O. The van der Waals surface area contributed by atoms with Crippen LogP contribution in [0.4, 0.5) is 0 Å². The molecule has 1 aliphatic heterocycles. The summed E-state index contributed by atoms with van der Waals surface area (Å²) in [6.07, 6.45) is 5.23. The first kappa shape index (κ1) is 16.4. The van der Waals surface area contributed by atoms with Crippen molar-refractivity contribution in [1.82, 2.24) is 29.8 Å². The van der Waals surface area contributed by atoms with Crippen LogP contribution in [-0.2, 0) is 12.8 Å². The standard InChI is InChI=1S/C20H22N6O/c27-20(17-7-8-26-19(14-17)21-22-23-26)25-11-9-24(10-12-25)18-6-5-15-3-1-2-4-16(15)13-18/h1-4,7-8,14,18H,5-6,9-13H2/t18-/m0/s1. The summed E-state index contributed by atoms with van der Waals surface area (Å²) in [6, 6.07) is 12.9. The van der Waals surface area contributed by atoms with Crippen LogP contribution in [0.2, 0.25) is 0 Å². The molecule has 3 heterocycles. The third-order valence-corrected chi connectivity index (χ3v) is 5.88. The molecule has 5 rings (SSSR count). The van der Waals surface area contributed by atoms with E-state index in [1.54, 1.807) is 22.8 Å². The number of piperazine rings is 1. The largest absolute Gasteiger partial charge is 0.336 e. The first-order valence-corrected chi connectivity index (χ1v) is 9.56. The van der Waals surface area contributed by atoms with Crippen LogP contribution in [0.3, 0.4) is 0 Å². The van der Waals surface area contributed by atoms with Gasteiger partial charge in [0, 0.05) is 44.0 Å². The highest BCUT2D eigenvalue weighted by Gasteiger charge is 2.29. The van der Waals surface area contributed by atoms with E-state index in [4.69, 9.17) is 0 Å². The van der Waals surface area contributed by atoms with Gasteiger partial charge in [-0.1, -0.05) is 24.3 Å². The molecule has 1 atom stereocenters. The number of fused-ring (bicyclic) bond motifs is 2. The van der Waals surface area contributed by atoms with Gasteiger partial charge in [-0.15, -0.1) is 5.10 Å². The first-order chi connectivity index (χ1) is 13.3. The van der Waals surface area contributed by atoms with Crippen LogP contribution < -0.4 is 0 Å². The van der Waals surface area contributed by atoms with Crippen LogP contribution in [0.1, 0.15) is 27.9 Å². The van der Waals surface area contributed by atoms with E-state index in [0.717, 1.165) is 39.0 Å². The van der Waals surface area contributed by atoms with E-state index in [9.17, 15) is 4.79 Å². The Morgan fingerprint density at radius 1 is 1.04 bits per heavy atom. The highest BCUT2D eigenvalue weighted by Crippen LogP contribution is 2.25. The SMILES string of the molecule is O=C(c1ccn2nnnc2c1)N1CCN([C@H]2CCc3ccccc3C2)CC1. The number of nitrogens with zero attached hydrogens (tertiary/aromatic N) is 6. The van der Waals surface area contributed by atoms with Gasteiger partial charge in [0.15, 0.2) is 5.65 Å². The molecule has 1 amide bonds. The Balaban J connectivity index is 1.23. The van der Waals surface area contributed by atoms with Crippen molar-refractivity contribution < 1.29 is 4.79 Å². The lowest BCUT2D eigenvalue weighted by Gasteiger charge is -2.41. The smallest absolute Gasteiger partial charge is 0.254 e. The lowest BCUT2D eigenvalue weighted by atomic mass is 9.87. The van der Waals surface area contributed by atoms with Crippen LogP contribution in [0.15, 0.2) is 42.6 Å². The first-order valence-electron chi connectivity index (χ1n) is 9.56. The Bertz CT molecular complexity index is 975. The average Bonchev–Trinajstić information content (AvgIpc) is 3.21. The monoisotopic (exact) mass is 362 g/mol. The summed E-state index contributed by atoms with van der Waals surface area (Å²) in [4.78, 5) is 17.3. The van der Waals surface area contributed by atoms with Crippen LogP contribution >= 0.6 is 0 Å². The minimum atomic E-state index is 0.0640. The van der Waals surface area contributed by atoms with E-state index in [1.807, 2.05) is 4.90 Å². The Hall–Kier alpha value is -2.80. The van der Waals surface area contributed by atoms with Gasteiger partial charge in [0.2, 0.25) is 0 Å². The fraction of sp³-hybridized carbons (Fsp3) is 0.400. The number of hydrogen-bond acceptors (Lipinski definition) is 5.